The van der Waals surface area contributed by atoms with Gasteiger partial charge in [-0.2, -0.15) is 0 Å². The maximum atomic E-state index is 13.2. The number of esters is 1. The predicted octanol–water partition coefficient (Wildman–Crippen LogP) is 5.65. The Balaban J connectivity index is 1.50. The summed E-state index contributed by atoms with van der Waals surface area (Å²) in [7, 11) is 1.25. The number of fused-ring (bicyclic) bond motifs is 1. The maximum absolute atomic E-state index is 13.2. The molecule has 0 spiro atoms. The van der Waals surface area contributed by atoms with Gasteiger partial charge in [0, 0.05) is 19.5 Å². The van der Waals surface area contributed by atoms with Gasteiger partial charge in [0.15, 0.2) is 0 Å². The number of carbonyl (C=O) groups excluding carboxylic acids is 4. The number of nitrogens with one attached hydrogen (secondary N) is 1. The van der Waals surface area contributed by atoms with E-state index in [1.807, 2.05) is 26.0 Å². The third-order valence-electron chi connectivity index (χ3n) is 8.49. The summed E-state index contributed by atoms with van der Waals surface area (Å²) in [5.74, 6) is -1.70. The van der Waals surface area contributed by atoms with Crippen LogP contribution in [0.2, 0.25) is 0 Å². The molecule has 268 valence electrons. The van der Waals surface area contributed by atoms with Gasteiger partial charge >= 0.3 is 30.2 Å². The van der Waals surface area contributed by atoms with Gasteiger partial charge in [-0.05, 0) is 67.6 Å². The van der Waals surface area contributed by atoms with Crippen LogP contribution in [0.25, 0.3) is 0 Å². The van der Waals surface area contributed by atoms with Crippen LogP contribution >= 0.6 is 0 Å². The van der Waals surface area contributed by atoms with Crippen LogP contribution in [0.3, 0.4) is 0 Å². The van der Waals surface area contributed by atoms with Crippen LogP contribution in [-0.2, 0) is 48.0 Å². The zero-order valence-electron chi connectivity index (χ0n) is 29.8. The van der Waals surface area contributed by atoms with Gasteiger partial charge in [-0.25, -0.2) is 24.0 Å². The minimum atomic E-state index is -1.11. The average molecular weight is 676 g/mol. The van der Waals surface area contributed by atoms with Gasteiger partial charge in [-0.15, -0.1) is 0 Å². The third kappa shape index (κ3) is 10.7. The highest BCUT2D eigenvalue weighted by Crippen LogP contribution is 2.31. The summed E-state index contributed by atoms with van der Waals surface area (Å²) in [6.45, 7) is 15.4. The molecule has 0 unspecified atom stereocenters. The highest BCUT2D eigenvalue weighted by atomic mass is 16.6. The fraction of sp³-hybridized carbons (Fsp3) is 0.686. The van der Waals surface area contributed by atoms with Crippen molar-refractivity contribution in [2.24, 2.45) is 10.8 Å². The Hall–Kier alpha value is -4.03. The minimum Gasteiger partial charge on any atom is -0.480 e. The number of ether oxygens (including phenoxy) is 4. The van der Waals surface area contributed by atoms with Crippen LogP contribution in [0.1, 0.15) is 97.8 Å². The molecule has 1 fully saturated rings. The molecule has 1 saturated heterocycles. The number of unbranched alkanes of at least 4 members (excludes halogenated alkanes) is 1. The Labute approximate surface area is 283 Å². The molecule has 48 heavy (non-hydrogen) atoms. The molecule has 2 heterocycles. The van der Waals surface area contributed by atoms with E-state index in [-0.39, 0.29) is 25.0 Å². The molecule has 0 aliphatic carbocycles. The number of amides is 3. The van der Waals surface area contributed by atoms with Crippen molar-refractivity contribution in [1.29, 1.82) is 0 Å². The highest BCUT2D eigenvalue weighted by Gasteiger charge is 2.44. The molecule has 13 nitrogen and oxygen atoms in total. The van der Waals surface area contributed by atoms with E-state index in [0.717, 1.165) is 42.4 Å². The van der Waals surface area contributed by atoms with Crippen LogP contribution < -0.4 is 5.32 Å². The van der Waals surface area contributed by atoms with Gasteiger partial charge in [0.05, 0.1) is 20.3 Å². The number of hydrogen-bond acceptors (Lipinski definition) is 9. The van der Waals surface area contributed by atoms with E-state index >= 15 is 0 Å². The molecule has 3 rings (SSSR count). The lowest BCUT2D eigenvalue weighted by Gasteiger charge is -2.29. The van der Waals surface area contributed by atoms with Crippen LogP contribution in [0.15, 0.2) is 18.2 Å². The summed E-state index contributed by atoms with van der Waals surface area (Å²) in [6.07, 6.45) is 0.880. The standard InChI is InChI=1S/C35H53N3O10/c1-33(2,3)27(28(39)40)36-30(42)46-21-35(7,8)16-11-10-13-22-14-12-15-23-18-37(20-25(22)23)31(43)47-24-17-26(29(41)45-9)38(19-24)32(44)48-34(4,5)6/h12,14-15,24,26-27H,10-11,13,16-21H2,1-9H3,(H,36,42)(H,39,40)/t24-,26+,27-/m1/s1. The topological polar surface area (TPSA) is 161 Å². The summed E-state index contributed by atoms with van der Waals surface area (Å²) in [4.78, 5) is 65.2. The minimum absolute atomic E-state index is 0.0261. The lowest BCUT2D eigenvalue weighted by atomic mass is 9.87. The van der Waals surface area contributed by atoms with Gasteiger partial charge in [0.2, 0.25) is 0 Å². The Morgan fingerprint density at radius 1 is 0.979 bits per heavy atom. The molecule has 2 aliphatic rings. The molecular weight excluding hydrogens is 622 g/mol. The molecule has 2 N–H and O–H groups in total. The van der Waals surface area contributed by atoms with Crippen molar-refractivity contribution in [3.63, 3.8) is 0 Å². The average Bonchev–Trinajstić information content (AvgIpc) is 3.60. The van der Waals surface area contributed by atoms with E-state index < -0.39 is 59.4 Å². The lowest BCUT2D eigenvalue weighted by Crippen LogP contribution is -2.49. The van der Waals surface area contributed by atoms with Crippen molar-refractivity contribution in [1.82, 2.24) is 15.1 Å². The van der Waals surface area contributed by atoms with Crippen LogP contribution in [-0.4, -0.2) is 89.2 Å². The first-order valence-corrected chi connectivity index (χ1v) is 16.5. The normalized spacial score (nSPS) is 18.5. The van der Waals surface area contributed by atoms with Gasteiger partial charge in [0.1, 0.15) is 23.8 Å². The predicted molar refractivity (Wildman–Crippen MR) is 176 cm³/mol. The number of carboxylic acids is 1. The maximum Gasteiger partial charge on any atom is 0.411 e. The molecule has 3 amide bonds. The lowest BCUT2D eigenvalue weighted by molar-refractivity contribution is -0.145. The van der Waals surface area contributed by atoms with Crippen molar-refractivity contribution in [2.45, 2.75) is 124 Å². The number of benzene rings is 1. The van der Waals surface area contributed by atoms with Crippen molar-refractivity contribution in [3.8, 4) is 0 Å². The molecule has 0 saturated carbocycles. The fourth-order valence-electron chi connectivity index (χ4n) is 5.90. The second kappa shape index (κ2) is 15.5. The van der Waals surface area contributed by atoms with E-state index in [0.29, 0.717) is 13.1 Å². The molecule has 0 bridgehead atoms. The number of aryl methyl sites for hydroxylation is 1. The van der Waals surface area contributed by atoms with Gasteiger partial charge in [-0.3, -0.25) is 9.80 Å². The number of carbonyl (C=O) groups is 5. The SMILES string of the molecule is COC(=O)[C@@H]1C[C@@H](OC(=O)N2Cc3cccc(CCCCC(C)(C)COC(=O)N[C@H](C(=O)O)C(C)(C)C)c3C2)CN1C(=O)OC(C)(C)C. The summed E-state index contributed by atoms with van der Waals surface area (Å²) >= 11 is 0. The van der Waals surface area contributed by atoms with Crippen LogP contribution in [0.4, 0.5) is 14.4 Å². The number of carboxylic acid groups (broad SMARTS) is 1. The molecule has 1 aromatic carbocycles. The van der Waals surface area contributed by atoms with E-state index in [1.54, 1.807) is 46.4 Å². The number of rotatable bonds is 11. The van der Waals surface area contributed by atoms with Crippen molar-refractivity contribution >= 4 is 30.2 Å². The summed E-state index contributed by atoms with van der Waals surface area (Å²) < 4.78 is 21.5. The monoisotopic (exact) mass is 675 g/mol. The molecule has 13 heteroatoms. The zero-order chi connectivity index (χ0) is 36.0. The molecule has 3 atom stereocenters. The fourth-order valence-corrected chi connectivity index (χ4v) is 5.90. The highest BCUT2D eigenvalue weighted by molar-refractivity contribution is 5.83. The van der Waals surface area contributed by atoms with Crippen molar-refractivity contribution < 1.29 is 48.0 Å². The van der Waals surface area contributed by atoms with E-state index in [1.165, 1.54) is 12.0 Å². The number of nitrogens with zero attached hydrogens (tertiary/aromatic N) is 2. The second-order valence-corrected chi connectivity index (χ2v) is 15.6. The summed E-state index contributed by atoms with van der Waals surface area (Å²) in [6, 6.07) is 4.08. The first-order chi connectivity index (χ1) is 22.2. The van der Waals surface area contributed by atoms with E-state index in [4.69, 9.17) is 18.9 Å². The third-order valence-corrected chi connectivity index (χ3v) is 8.49. The quantitative estimate of drug-likeness (QED) is 0.170. The molecule has 0 aromatic heterocycles. The molecule has 0 radical (unpaired) electrons. The van der Waals surface area contributed by atoms with Gasteiger partial charge in [-0.1, -0.05) is 59.2 Å². The van der Waals surface area contributed by atoms with Gasteiger partial charge in [0.25, 0.3) is 0 Å². The molecular formula is C35H53N3O10. The number of aliphatic carboxylic acids is 1. The number of likely N-dealkylation sites (tertiary alicyclic amines) is 1. The second-order valence-electron chi connectivity index (χ2n) is 15.6. The Morgan fingerprint density at radius 3 is 2.27 bits per heavy atom. The zero-order valence-corrected chi connectivity index (χ0v) is 29.8. The summed E-state index contributed by atoms with van der Waals surface area (Å²) in [5.41, 5.74) is 1.58. The summed E-state index contributed by atoms with van der Waals surface area (Å²) in [5, 5.41) is 11.9. The Bertz CT molecular complexity index is 1350. The Morgan fingerprint density at radius 2 is 1.67 bits per heavy atom. The largest absolute Gasteiger partial charge is 0.480 e. The first kappa shape index (κ1) is 38.4. The molecule has 1 aromatic rings. The number of methoxy groups -OCH3 is 1. The number of hydrogen-bond donors (Lipinski definition) is 2. The van der Waals surface area contributed by atoms with Crippen LogP contribution in [0, 0.1) is 10.8 Å². The first-order valence-electron chi connectivity index (χ1n) is 16.5. The van der Waals surface area contributed by atoms with Crippen molar-refractivity contribution in [2.75, 3.05) is 20.3 Å². The van der Waals surface area contributed by atoms with Crippen molar-refractivity contribution in [3.05, 3.63) is 34.9 Å². The van der Waals surface area contributed by atoms with Gasteiger partial charge < -0.3 is 29.4 Å². The van der Waals surface area contributed by atoms with Crippen LogP contribution in [0.5, 0.6) is 0 Å². The Kier molecular flexibility index (Phi) is 12.4. The van der Waals surface area contributed by atoms with E-state index in [9.17, 15) is 29.1 Å². The van der Waals surface area contributed by atoms with E-state index in [2.05, 4.69) is 11.4 Å². The number of alkyl carbamates (subject to hydrolysis) is 1. The molecule has 2 aliphatic heterocycles. The smallest absolute Gasteiger partial charge is 0.411 e.